The van der Waals surface area contributed by atoms with Crippen LogP contribution < -0.4 is 14.8 Å². The molecule has 0 bridgehead atoms. The minimum absolute atomic E-state index is 0.139. The Kier molecular flexibility index (Phi) is 4.08. The highest BCUT2D eigenvalue weighted by Crippen LogP contribution is 2.25. The molecule has 1 aromatic rings. The zero-order valence-electron chi connectivity index (χ0n) is 8.95. The van der Waals surface area contributed by atoms with E-state index in [9.17, 15) is 12.8 Å². The minimum atomic E-state index is -3.41. The molecule has 0 fully saturated rings. The van der Waals surface area contributed by atoms with E-state index in [0.717, 1.165) is 18.4 Å². The van der Waals surface area contributed by atoms with Crippen molar-refractivity contribution in [2.24, 2.45) is 0 Å². The van der Waals surface area contributed by atoms with E-state index in [1.165, 1.54) is 6.07 Å². The fraction of sp³-hybridized carbons (Fsp3) is 0.333. The van der Waals surface area contributed by atoms with Gasteiger partial charge in [0.15, 0.2) is 0 Å². The van der Waals surface area contributed by atoms with Gasteiger partial charge in [0, 0.05) is 6.07 Å². The third-order valence-electron chi connectivity index (χ3n) is 1.61. The van der Waals surface area contributed by atoms with Crippen LogP contribution in [0.3, 0.4) is 0 Å². The van der Waals surface area contributed by atoms with Crippen molar-refractivity contribution in [2.75, 3.05) is 24.8 Å². The maximum atomic E-state index is 12.9. The lowest BCUT2D eigenvalue weighted by atomic mass is 10.3. The molecular weight excluding hydrogens is 235 g/mol. The number of nitrogens with one attached hydrogen (secondary N) is 2. The summed E-state index contributed by atoms with van der Waals surface area (Å²) in [5, 5.41) is 2.70. The van der Waals surface area contributed by atoms with Crippen molar-refractivity contribution >= 4 is 15.7 Å². The third-order valence-corrected chi connectivity index (χ3v) is 2.20. The lowest BCUT2D eigenvalue weighted by Gasteiger charge is -2.11. The topological polar surface area (TPSA) is 67.4 Å². The second-order valence-electron chi connectivity index (χ2n) is 3.16. The van der Waals surface area contributed by atoms with Gasteiger partial charge in [0.05, 0.1) is 11.9 Å². The van der Waals surface area contributed by atoms with Gasteiger partial charge in [0.1, 0.15) is 18.3 Å². The molecule has 0 aromatic heterocycles. The lowest BCUT2D eigenvalue weighted by molar-refractivity contribution is 0.296. The quantitative estimate of drug-likeness (QED) is 0.755. The van der Waals surface area contributed by atoms with Crippen LogP contribution in [0.4, 0.5) is 10.1 Å². The van der Waals surface area contributed by atoms with Crippen molar-refractivity contribution in [3.8, 4) is 5.75 Å². The monoisotopic (exact) mass is 248 g/mol. The number of ether oxygens (including phenoxy) is 1. The van der Waals surface area contributed by atoms with E-state index in [2.05, 4.69) is 10.0 Å². The summed E-state index contributed by atoms with van der Waals surface area (Å²) in [6, 6.07) is 3.58. The van der Waals surface area contributed by atoms with Crippen LogP contribution in [0.1, 0.15) is 0 Å². The van der Waals surface area contributed by atoms with E-state index in [1.54, 1.807) is 7.05 Å². The Morgan fingerprint density at radius 3 is 2.69 bits per heavy atom. The van der Waals surface area contributed by atoms with Crippen LogP contribution in [-0.4, -0.2) is 28.5 Å². The summed E-state index contributed by atoms with van der Waals surface area (Å²) in [6.45, 7) is 0.155. The van der Waals surface area contributed by atoms with E-state index in [1.807, 2.05) is 0 Å². The summed E-state index contributed by atoms with van der Waals surface area (Å²) >= 11 is 0. The molecule has 0 aliphatic carbocycles. The molecular formula is C9H13FN2O3S. The van der Waals surface area contributed by atoms with Gasteiger partial charge >= 0.3 is 0 Å². The SMILES string of the molecule is CNCOc1cc(F)ccc1NS(C)(=O)=O. The maximum Gasteiger partial charge on any atom is 0.229 e. The zero-order chi connectivity index (χ0) is 12.2. The molecule has 1 rings (SSSR count). The number of hydrogen-bond donors (Lipinski definition) is 2. The summed E-state index contributed by atoms with van der Waals surface area (Å²) in [5.74, 6) is -0.357. The molecule has 0 aliphatic rings. The Bertz CT molecular complexity index is 462. The van der Waals surface area contributed by atoms with Gasteiger partial charge in [0.25, 0.3) is 0 Å². The normalized spacial score (nSPS) is 11.2. The number of hydrogen-bond acceptors (Lipinski definition) is 4. The average molecular weight is 248 g/mol. The molecule has 0 amide bonds. The third kappa shape index (κ3) is 4.03. The van der Waals surface area contributed by atoms with Crippen molar-refractivity contribution in [1.29, 1.82) is 0 Å². The summed E-state index contributed by atoms with van der Waals surface area (Å²) in [7, 11) is -1.75. The predicted molar refractivity (Wildman–Crippen MR) is 59.4 cm³/mol. The fourth-order valence-electron chi connectivity index (χ4n) is 1.05. The molecule has 16 heavy (non-hydrogen) atoms. The van der Waals surface area contributed by atoms with Crippen LogP contribution >= 0.6 is 0 Å². The van der Waals surface area contributed by atoms with Crippen molar-refractivity contribution in [1.82, 2.24) is 5.32 Å². The highest BCUT2D eigenvalue weighted by atomic mass is 32.2. The minimum Gasteiger partial charge on any atom is -0.476 e. The largest absolute Gasteiger partial charge is 0.476 e. The van der Waals surface area contributed by atoms with Gasteiger partial charge in [0.2, 0.25) is 10.0 Å². The average Bonchev–Trinajstić information content (AvgIpc) is 2.16. The predicted octanol–water partition coefficient (Wildman–Crippen LogP) is 0.753. The van der Waals surface area contributed by atoms with Crippen LogP contribution in [-0.2, 0) is 10.0 Å². The molecule has 7 heteroatoms. The summed E-state index contributed by atoms with van der Waals surface area (Å²) in [5.41, 5.74) is 0.208. The lowest BCUT2D eigenvalue weighted by Crippen LogP contribution is -2.16. The van der Waals surface area contributed by atoms with Crippen LogP contribution in [0.2, 0.25) is 0 Å². The Balaban J connectivity index is 2.98. The first-order chi connectivity index (χ1) is 7.42. The van der Waals surface area contributed by atoms with Gasteiger partial charge in [-0.3, -0.25) is 10.0 Å². The van der Waals surface area contributed by atoms with E-state index >= 15 is 0 Å². The van der Waals surface area contributed by atoms with Crippen molar-refractivity contribution in [3.05, 3.63) is 24.0 Å². The zero-order valence-corrected chi connectivity index (χ0v) is 9.77. The molecule has 1 aromatic carbocycles. The van der Waals surface area contributed by atoms with Crippen LogP contribution in [0.15, 0.2) is 18.2 Å². The fourth-order valence-corrected chi connectivity index (χ4v) is 1.62. The highest BCUT2D eigenvalue weighted by Gasteiger charge is 2.09. The van der Waals surface area contributed by atoms with Crippen molar-refractivity contribution in [3.63, 3.8) is 0 Å². The van der Waals surface area contributed by atoms with Crippen molar-refractivity contribution < 1.29 is 17.5 Å². The van der Waals surface area contributed by atoms with E-state index in [4.69, 9.17) is 4.74 Å². The highest BCUT2D eigenvalue weighted by molar-refractivity contribution is 7.92. The second-order valence-corrected chi connectivity index (χ2v) is 4.91. The van der Waals surface area contributed by atoms with E-state index in [0.29, 0.717) is 0 Å². The van der Waals surface area contributed by atoms with Gasteiger partial charge < -0.3 is 4.74 Å². The van der Waals surface area contributed by atoms with Crippen LogP contribution in [0.5, 0.6) is 5.75 Å². The molecule has 0 aliphatic heterocycles. The number of sulfonamides is 1. The Labute approximate surface area is 93.7 Å². The molecule has 0 spiro atoms. The molecule has 0 radical (unpaired) electrons. The molecule has 2 N–H and O–H groups in total. The first kappa shape index (κ1) is 12.7. The number of anilines is 1. The maximum absolute atomic E-state index is 12.9. The number of halogens is 1. The van der Waals surface area contributed by atoms with Gasteiger partial charge in [-0.2, -0.15) is 0 Å². The standard InChI is InChI=1S/C9H13FN2O3S/c1-11-6-15-9-5-7(10)3-4-8(9)12-16(2,13)14/h3-5,11-12H,6H2,1-2H3. The van der Waals surface area contributed by atoms with Gasteiger partial charge in [-0.25, -0.2) is 12.8 Å². The van der Waals surface area contributed by atoms with Gasteiger partial charge in [-0.15, -0.1) is 0 Å². The smallest absolute Gasteiger partial charge is 0.229 e. The summed E-state index contributed by atoms with van der Waals surface area (Å²) < 4.78 is 42.4. The molecule has 0 saturated heterocycles. The number of benzene rings is 1. The molecule has 90 valence electrons. The van der Waals surface area contributed by atoms with Crippen LogP contribution in [0, 0.1) is 5.82 Å². The number of rotatable bonds is 5. The summed E-state index contributed by atoms with van der Waals surface area (Å²) in [4.78, 5) is 0. The first-order valence-electron chi connectivity index (χ1n) is 4.47. The summed E-state index contributed by atoms with van der Waals surface area (Å²) in [6.07, 6.45) is 1.01. The Morgan fingerprint density at radius 1 is 1.44 bits per heavy atom. The first-order valence-corrected chi connectivity index (χ1v) is 6.36. The van der Waals surface area contributed by atoms with E-state index < -0.39 is 15.8 Å². The second kappa shape index (κ2) is 5.13. The Hall–Kier alpha value is -1.34. The van der Waals surface area contributed by atoms with Crippen LogP contribution in [0.25, 0.3) is 0 Å². The van der Waals surface area contributed by atoms with Crippen molar-refractivity contribution in [2.45, 2.75) is 0 Å². The molecule has 5 nitrogen and oxygen atoms in total. The molecule has 0 saturated carbocycles. The van der Waals surface area contributed by atoms with Gasteiger partial charge in [-0.1, -0.05) is 0 Å². The Morgan fingerprint density at radius 2 is 2.12 bits per heavy atom. The molecule has 0 atom stereocenters. The molecule has 0 unspecified atom stereocenters. The molecule has 0 heterocycles. The van der Waals surface area contributed by atoms with E-state index in [-0.39, 0.29) is 18.2 Å². The van der Waals surface area contributed by atoms with Gasteiger partial charge in [-0.05, 0) is 19.2 Å².